The topological polar surface area (TPSA) is 95.4 Å². The van der Waals surface area contributed by atoms with Crippen LogP contribution in [0, 0.1) is 6.92 Å². The number of rotatable bonds is 2. The minimum Gasteiger partial charge on any atom is -0.391 e. The lowest BCUT2D eigenvalue weighted by Gasteiger charge is -2.20. The Bertz CT molecular complexity index is 517. The lowest BCUT2D eigenvalue weighted by Crippen LogP contribution is -2.42. The first-order chi connectivity index (χ1) is 9.97. The number of carbonyl (C=O) groups excluding carboxylic acids is 2. The maximum absolute atomic E-state index is 12.4. The third kappa shape index (κ3) is 3.98. The van der Waals surface area contributed by atoms with Crippen molar-refractivity contribution < 1.29 is 14.7 Å². The van der Waals surface area contributed by atoms with Gasteiger partial charge >= 0.3 is 0 Å². The summed E-state index contributed by atoms with van der Waals surface area (Å²) in [5, 5.41) is 12.7. The van der Waals surface area contributed by atoms with E-state index < -0.39 is 6.10 Å². The molecule has 7 nitrogen and oxygen atoms in total. The number of aryl methyl sites for hydroxylation is 1. The molecule has 0 saturated carbocycles. The second kappa shape index (κ2) is 6.62. The lowest BCUT2D eigenvalue weighted by molar-refractivity contribution is -0.120. The molecule has 0 radical (unpaired) electrons. The molecule has 0 unspecified atom stereocenters. The normalized spacial score (nSPS) is 22.5. The van der Waals surface area contributed by atoms with E-state index >= 15 is 0 Å². The lowest BCUT2D eigenvalue weighted by atomic mass is 10.1. The average molecular weight is 292 g/mol. The SMILES string of the molecule is CC(=O)N[C@H]1CCN(C(=O)c2cnc(C)cn2)CC[C@@H]1O. The molecule has 0 aromatic carbocycles. The van der Waals surface area contributed by atoms with Gasteiger partial charge in [-0.05, 0) is 19.8 Å². The molecule has 114 valence electrons. The van der Waals surface area contributed by atoms with Gasteiger partial charge in [-0.2, -0.15) is 0 Å². The molecular weight excluding hydrogens is 272 g/mol. The van der Waals surface area contributed by atoms with Crippen LogP contribution in [0.15, 0.2) is 12.4 Å². The smallest absolute Gasteiger partial charge is 0.274 e. The van der Waals surface area contributed by atoms with Crippen LogP contribution in [-0.4, -0.2) is 57.0 Å². The Morgan fingerprint density at radius 1 is 1.29 bits per heavy atom. The van der Waals surface area contributed by atoms with Crippen molar-refractivity contribution in [2.75, 3.05) is 13.1 Å². The van der Waals surface area contributed by atoms with Crippen molar-refractivity contribution >= 4 is 11.8 Å². The van der Waals surface area contributed by atoms with Crippen LogP contribution in [0.25, 0.3) is 0 Å². The zero-order chi connectivity index (χ0) is 15.4. The second-order valence-electron chi connectivity index (χ2n) is 5.29. The summed E-state index contributed by atoms with van der Waals surface area (Å²) < 4.78 is 0. The van der Waals surface area contributed by atoms with Gasteiger partial charge in [-0.25, -0.2) is 4.98 Å². The number of nitrogens with zero attached hydrogens (tertiary/aromatic N) is 3. The van der Waals surface area contributed by atoms with Gasteiger partial charge in [0.25, 0.3) is 5.91 Å². The molecule has 21 heavy (non-hydrogen) atoms. The van der Waals surface area contributed by atoms with E-state index in [0.717, 1.165) is 5.69 Å². The second-order valence-corrected chi connectivity index (χ2v) is 5.29. The third-order valence-electron chi connectivity index (χ3n) is 3.55. The molecule has 1 aliphatic rings. The fourth-order valence-electron chi connectivity index (χ4n) is 2.39. The van der Waals surface area contributed by atoms with Gasteiger partial charge in [-0.1, -0.05) is 0 Å². The highest BCUT2D eigenvalue weighted by molar-refractivity contribution is 5.92. The Hall–Kier alpha value is -2.02. The summed E-state index contributed by atoms with van der Waals surface area (Å²) in [6.07, 6.45) is 3.32. The Labute approximate surface area is 123 Å². The summed E-state index contributed by atoms with van der Waals surface area (Å²) in [6, 6.07) is -0.315. The van der Waals surface area contributed by atoms with Crippen LogP contribution < -0.4 is 5.32 Å². The van der Waals surface area contributed by atoms with Gasteiger partial charge in [0.05, 0.1) is 24.0 Å². The maximum Gasteiger partial charge on any atom is 0.274 e. The number of aliphatic hydroxyl groups is 1. The Morgan fingerprint density at radius 2 is 2.00 bits per heavy atom. The number of likely N-dealkylation sites (tertiary alicyclic amines) is 1. The third-order valence-corrected chi connectivity index (χ3v) is 3.55. The van der Waals surface area contributed by atoms with E-state index in [0.29, 0.717) is 31.6 Å². The highest BCUT2D eigenvalue weighted by Gasteiger charge is 2.28. The van der Waals surface area contributed by atoms with Gasteiger partial charge < -0.3 is 15.3 Å². The molecule has 1 aromatic heterocycles. The van der Waals surface area contributed by atoms with Crippen LogP contribution in [0.2, 0.25) is 0 Å². The summed E-state index contributed by atoms with van der Waals surface area (Å²) in [5.41, 5.74) is 1.05. The van der Waals surface area contributed by atoms with Crippen molar-refractivity contribution in [3.8, 4) is 0 Å². The van der Waals surface area contributed by atoms with Crippen LogP contribution in [0.1, 0.15) is 35.9 Å². The molecule has 2 rings (SSSR count). The first-order valence-electron chi connectivity index (χ1n) is 7.00. The zero-order valence-electron chi connectivity index (χ0n) is 12.2. The van der Waals surface area contributed by atoms with Gasteiger partial charge in [0.1, 0.15) is 5.69 Å². The van der Waals surface area contributed by atoms with E-state index in [1.54, 1.807) is 11.1 Å². The molecule has 0 aliphatic carbocycles. The molecule has 1 aromatic rings. The Kier molecular flexibility index (Phi) is 4.85. The van der Waals surface area contributed by atoms with Crippen molar-refractivity contribution in [3.05, 3.63) is 23.8 Å². The molecular formula is C14H20N4O3. The molecule has 2 amide bonds. The van der Waals surface area contributed by atoms with E-state index in [-0.39, 0.29) is 17.9 Å². The van der Waals surface area contributed by atoms with E-state index in [2.05, 4.69) is 15.3 Å². The van der Waals surface area contributed by atoms with Crippen LogP contribution in [0.3, 0.4) is 0 Å². The number of aromatic nitrogens is 2. The number of carbonyl (C=O) groups is 2. The number of amides is 2. The highest BCUT2D eigenvalue weighted by Crippen LogP contribution is 2.14. The van der Waals surface area contributed by atoms with E-state index in [4.69, 9.17) is 0 Å². The van der Waals surface area contributed by atoms with Gasteiger partial charge in [0, 0.05) is 26.2 Å². The van der Waals surface area contributed by atoms with Crippen molar-refractivity contribution in [1.82, 2.24) is 20.2 Å². The zero-order valence-corrected chi connectivity index (χ0v) is 12.2. The minimum atomic E-state index is -0.643. The summed E-state index contributed by atoms with van der Waals surface area (Å²) in [4.78, 5) is 33.3. The summed E-state index contributed by atoms with van der Waals surface area (Å²) in [6.45, 7) is 4.13. The number of aliphatic hydroxyl groups excluding tert-OH is 1. The molecule has 0 spiro atoms. The van der Waals surface area contributed by atoms with Gasteiger partial charge in [0.2, 0.25) is 5.91 Å². The molecule has 0 bridgehead atoms. The number of hydrogen-bond acceptors (Lipinski definition) is 5. The molecule has 7 heteroatoms. The quantitative estimate of drug-likeness (QED) is 0.793. The molecule has 2 atom stereocenters. The van der Waals surface area contributed by atoms with Crippen LogP contribution in [0.5, 0.6) is 0 Å². The molecule has 2 heterocycles. The van der Waals surface area contributed by atoms with E-state index in [9.17, 15) is 14.7 Å². The molecule has 2 N–H and O–H groups in total. The summed E-state index contributed by atoms with van der Waals surface area (Å²) in [5.74, 6) is -0.374. The molecule has 1 fully saturated rings. The first-order valence-corrected chi connectivity index (χ1v) is 7.00. The van der Waals surface area contributed by atoms with Crippen molar-refractivity contribution in [2.24, 2.45) is 0 Å². The predicted molar refractivity (Wildman–Crippen MR) is 75.5 cm³/mol. The Morgan fingerprint density at radius 3 is 2.62 bits per heavy atom. The van der Waals surface area contributed by atoms with Gasteiger partial charge in [-0.15, -0.1) is 0 Å². The molecule has 1 saturated heterocycles. The predicted octanol–water partition coefficient (Wildman–Crippen LogP) is -0.113. The minimum absolute atomic E-state index is 0.178. The number of nitrogens with one attached hydrogen (secondary N) is 1. The summed E-state index contributed by atoms with van der Waals surface area (Å²) >= 11 is 0. The van der Waals surface area contributed by atoms with Crippen LogP contribution in [-0.2, 0) is 4.79 Å². The number of hydrogen-bond donors (Lipinski definition) is 2. The first kappa shape index (κ1) is 15.4. The fraction of sp³-hybridized carbons (Fsp3) is 0.571. The van der Waals surface area contributed by atoms with E-state index in [1.165, 1.54) is 13.1 Å². The van der Waals surface area contributed by atoms with Crippen molar-refractivity contribution in [3.63, 3.8) is 0 Å². The monoisotopic (exact) mass is 292 g/mol. The largest absolute Gasteiger partial charge is 0.391 e. The maximum atomic E-state index is 12.4. The van der Waals surface area contributed by atoms with Crippen LogP contribution >= 0.6 is 0 Å². The van der Waals surface area contributed by atoms with Crippen molar-refractivity contribution in [2.45, 2.75) is 38.8 Å². The molecule has 1 aliphatic heterocycles. The van der Waals surface area contributed by atoms with Gasteiger partial charge in [-0.3, -0.25) is 14.6 Å². The van der Waals surface area contributed by atoms with Gasteiger partial charge in [0.15, 0.2) is 0 Å². The van der Waals surface area contributed by atoms with E-state index in [1.807, 2.05) is 6.92 Å². The standard InChI is InChI=1S/C14H20N4O3/c1-9-7-16-12(8-15-9)14(21)18-5-3-11(17-10(2)19)13(20)4-6-18/h7-8,11,13,20H,3-6H2,1-2H3,(H,17,19)/t11-,13-/m0/s1. The van der Waals surface area contributed by atoms with Crippen molar-refractivity contribution in [1.29, 1.82) is 0 Å². The van der Waals surface area contributed by atoms with Crippen LogP contribution in [0.4, 0.5) is 0 Å². The average Bonchev–Trinajstić information content (AvgIpc) is 2.62. The summed E-state index contributed by atoms with van der Waals surface area (Å²) in [7, 11) is 0. The highest BCUT2D eigenvalue weighted by atomic mass is 16.3. The fourth-order valence-corrected chi connectivity index (χ4v) is 2.39. The Balaban J connectivity index is 2.03.